The Kier molecular flexibility index (Phi) is 7.12. The van der Waals surface area contributed by atoms with Gasteiger partial charge in [-0.05, 0) is 30.9 Å². The average Bonchev–Trinajstić information content (AvgIpc) is 2.03. The number of rotatable bonds is 6. The first-order chi connectivity index (χ1) is 5.66. The van der Waals surface area contributed by atoms with Gasteiger partial charge in [-0.15, -0.1) is 0 Å². The van der Waals surface area contributed by atoms with Crippen molar-refractivity contribution in [3.8, 4) is 0 Å². The number of aliphatic imine (C=N–C) groups is 1. The molecule has 0 aromatic carbocycles. The summed E-state index contributed by atoms with van der Waals surface area (Å²) in [5.74, 6) is 1.58. The van der Waals surface area contributed by atoms with E-state index in [-0.39, 0.29) is 0 Å². The first-order valence-corrected chi connectivity index (χ1v) is 5.15. The molecule has 0 bridgehead atoms. The van der Waals surface area contributed by atoms with Crippen LogP contribution < -0.4 is 0 Å². The van der Waals surface area contributed by atoms with Crippen LogP contribution in [0.25, 0.3) is 0 Å². The van der Waals surface area contributed by atoms with Gasteiger partial charge >= 0.3 is 0 Å². The summed E-state index contributed by atoms with van der Waals surface area (Å²) in [5, 5.41) is 0. The van der Waals surface area contributed by atoms with Gasteiger partial charge in [0.2, 0.25) is 0 Å². The summed E-state index contributed by atoms with van der Waals surface area (Å²) in [7, 11) is 0. The second kappa shape index (κ2) is 7.33. The van der Waals surface area contributed by atoms with E-state index in [1.54, 1.807) is 0 Å². The van der Waals surface area contributed by atoms with Crippen molar-refractivity contribution < 1.29 is 0 Å². The molecule has 0 heterocycles. The lowest BCUT2D eigenvalue weighted by molar-refractivity contribution is 0.583. The largest absolute Gasteiger partial charge is 0.298 e. The highest BCUT2D eigenvalue weighted by atomic mass is 14.7. The molecule has 0 amide bonds. The second-order valence-corrected chi connectivity index (χ2v) is 4.02. The van der Waals surface area contributed by atoms with Gasteiger partial charge in [0.05, 0.1) is 0 Å². The SMILES string of the molecule is CCC(C)CC=NCCC(C)C. The third-order valence-electron chi connectivity index (χ3n) is 2.17. The molecule has 0 saturated heterocycles. The zero-order chi connectivity index (χ0) is 9.40. The van der Waals surface area contributed by atoms with E-state index in [0.717, 1.165) is 24.8 Å². The van der Waals surface area contributed by atoms with Gasteiger partial charge in [-0.25, -0.2) is 0 Å². The van der Waals surface area contributed by atoms with Crippen LogP contribution in [-0.4, -0.2) is 12.8 Å². The summed E-state index contributed by atoms with van der Waals surface area (Å²) < 4.78 is 0. The summed E-state index contributed by atoms with van der Waals surface area (Å²) in [6.45, 7) is 9.99. The minimum atomic E-state index is 0.783. The Morgan fingerprint density at radius 1 is 1.25 bits per heavy atom. The minimum Gasteiger partial charge on any atom is -0.298 e. The second-order valence-electron chi connectivity index (χ2n) is 4.02. The lowest BCUT2D eigenvalue weighted by Crippen LogP contribution is -1.94. The lowest BCUT2D eigenvalue weighted by atomic mass is 10.1. The summed E-state index contributed by atoms with van der Waals surface area (Å²) in [5.41, 5.74) is 0. The number of hydrogen-bond acceptors (Lipinski definition) is 1. The van der Waals surface area contributed by atoms with Crippen molar-refractivity contribution in [2.24, 2.45) is 16.8 Å². The molecule has 12 heavy (non-hydrogen) atoms. The normalized spacial score (nSPS) is 14.4. The molecule has 0 rings (SSSR count). The van der Waals surface area contributed by atoms with Gasteiger partial charge in [-0.3, -0.25) is 4.99 Å². The summed E-state index contributed by atoms with van der Waals surface area (Å²) in [4.78, 5) is 4.37. The standard InChI is InChI=1S/C11H23N/c1-5-11(4)7-9-12-8-6-10(2)3/h9-11H,5-8H2,1-4H3. The molecule has 0 aromatic heterocycles. The van der Waals surface area contributed by atoms with Crippen LogP contribution in [0.15, 0.2) is 4.99 Å². The fourth-order valence-corrected chi connectivity index (χ4v) is 0.845. The van der Waals surface area contributed by atoms with Crippen LogP contribution in [-0.2, 0) is 0 Å². The van der Waals surface area contributed by atoms with E-state index in [9.17, 15) is 0 Å². The predicted octanol–water partition coefficient (Wildman–Crippen LogP) is 3.54. The van der Waals surface area contributed by atoms with Crippen LogP contribution in [0.5, 0.6) is 0 Å². The molecule has 0 fully saturated rings. The third kappa shape index (κ3) is 7.77. The molecule has 0 spiro atoms. The molecule has 1 atom stereocenters. The van der Waals surface area contributed by atoms with Crippen LogP contribution in [0.1, 0.15) is 47.0 Å². The zero-order valence-electron chi connectivity index (χ0n) is 9.01. The fourth-order valence-electron chi connectivity index (χ4n) is 0.845. The van der Waals surface area contributed by atoms with Crippen molar-refractivity contribution in [3.05, 3.63) is 0 Å². The Bertz CT molecular complexity index is 116. The lowest BCUT2D eigenvalue weighted by Gasteiger charge is -2.02. The van der Waals surface area contributed by atoms with E-state index < -0.39 is 0 Å². The number of hydrogen-bond donors (Lipinski definition) is 0. The molecule has 0 saturated carbocycles. The van der Waals surface area contributed by atoms with E-state index >= 15 is 0 Å². The van der Waals surface area contributed by atoms with Crippen molar-refractivity contribution in [3.63, 3.8) is 0 Å². The van der Waals surface area contributed by atoms with Crippen LogP contribution in [0.4, 0.5) is 0 Å². The Hall–Kier alpha value is -0.330. The molecule has 1 unspecified atom stereocenters. The zero-order valence-corrected chi connectivity index (χ0v) is 9.01. The van der Waals surface area contributed by atoms with Crippen molar-refractivity contribution in [1.29, 1.82) is 0 Å². The molecule has 0 aromatic rings. The van der Waals surface area contributed by atoms with Crippen LogP contribution in [0.3, 0.4) is 0 Å². The van der Waals surface area contributed by atoms with Crippen LogP contribution >= 0.6 is 0 Å². The molecule has 0 N–H and O–H groups in total. The van der Waals surface area contributed by atoms with E-state index in [0.29, 0.717) is 0 Å². The van der Waals surface area contributed by atoms with E-state index in [4.69, 9.17) is 0 Å². The first kappa shape index (κ1) is 11.7. The summed E-state index contributed by atoms with van der Waals surface area (Å²) in [6, 6.07) is 0. The highest BCUT2D eigenvalue weighted by molar-refractivity contribution is 5.57. The molecule has 0 aliphatic rings. The maximum absolute atomic E-state index is 4.37. The molecular formula is C11H23N. The Morgan fingerprint density at radius 2 is 1.92 bits per heavy atom. The van der Waals surface area contributed by atoms with Crippen LogP contribution in [0, 0.1) is 11.8 Å². The minimum absolute atomic E-state index is 0.783. The molecule has 0 aliphatic carbocycles. The van der Waals surface area contributed by atoms with Gasteiger partial charge in [0.1, 0.15) is 0 Å². The predicted molar refractivity (Wildman–Crippen MR) is 56.9 cm³/mol. The van der Waals surface area contributed by atoms with Crippen molar-refractivity contribution >= 4 is 6.21 Å². The fraction of sp³-hybridized carbons (Fsp3) is 0.909. The number of nitrogens with zero attached hydrogens (tertiary/aromatic N) is 1. The van der Waals surface area contributed by atoms with Gasteiger partial charge in [0, 0.05) is 6.54 Å². The Morgan fingerprint density at radius 3 is 2.42 bits per heavy atom. The van der Waals surface area contributed by atoms with Gasteiger partial charge in [-0.2, -0.15) is 0 Å². The summed E-state index contributed by atoms with van der Waals surface area (Å²) in [6.07, 6.45) is 5.72. The molecule has 0 aliphatic heterocycles. The molecule has 1 heteroatoms. The van der Waals surface area contributed by atoms with Crippen LogP contribution in [0.2, 0.25) is 0 Å². The highest BCUT2D eigenvalue weighted by Crippen LogP contribution is 2.04. The first-order valence-electron chi connectivity index (χ1n) is 5.15. The van der Waals surface area contributed by atoms with Gasteiger partial charge in [-0.1, -0.05) is 34.1 Å². The quantitative estimate of drug-likeness (QED) is 0.539. The van der Waals surface area contributed by atoms with Crippen molar-refractivity contribution in [2.75, 3.05) is 6.54 Å². The third-order valence-corrected chi connectivity index (χ3v) is 2.17. The highest BCUT2D eigenvalue weighted by Gasteiger charge is 1.94. The molecule has 1 nitrogen and oxygen atoms in total. The molecule has 0 radical (unpaired) electrons. The van der Waals surface area contributed by atoms with E-state index in [1.807, 2.05) is 0 Å². The van der Waals surface area contributed by atoms with Crippen molar-refractivity contribution in [1.82, 2.24) is 0 Å². The Balaban J connectivity index is 3.25. The van der Waals surface area contributed by atoms with E-state index in [2.05, 4.69) is 38.9 Å². The molecular weight excluding hydrogens is 146 g/mol. The smallest absolute Gasteiger partial charge is 0.0387 e. The van der Waals surface area contributed by atoms with Gasteiger partial charge in [0.15, 0.2) is 0 Å². The van der Waals surface area contributed by atoms with E-state index in [1.165, 1.54) is 12.8 Å². The van der Waals surface area contributed by atoms with Gasteiger partial charge < -0.3 is 0 Å². The van der Waals surface area contributed by atoms with Gasteiger partial charge in [0.25, 0.3) is 0 Å². The summed E-state index contributed by atoms with van der Waals surface area (Å²) >= 11 is 0. The van der Waals surface area contributed by atoms with Crippen molar-refractivity contribution in [2.45, 2.75) is 47.0 Å². The topological polar surface area (TPSA) is 12.4 Å². The maximum Gasteiger partial charge on any atom is 0.0387 e. The monoisotopic (exact) mass is 169 g/mol. The Labute approximate surface area is 77.3 Å². The maximum atomic E-state index is 4.37. The molecule has 72 valence electrons. The average molecular weight is 169 g/mol.